The summed E-state index contributed by atoms with van der Waals surface area (Å²) < 4.78 is 6.89. The van der Waals surface area contributed by atoms with Crippen LogP contribution in [0.2, 0.25) is 0 Å². The van der Waals surface area contributed by atoms with Gasteiger partial charge in [-0.3, -0.25) is 4.68 Å². The van der Waals surface area contributed by atoms with E-state index in [4.69, 9.17) is 9.52 Å². The zero-order valence-corrected chi connectivity index (χ0v) is 9.62. The van der Waals surface area contributed by atoms with Gasteiger partial charge in [-0.25, -0.2) is 4.79 Å². The standard InChI is InChI=1S/C13H10N2O3/c1-15-11(7-10(14-15)13(16)17)8-3-2-4-12-9(8)5-6-18-12/h2-7H,1H3,(H,16,17). The summed E-state index contributed by atoms with van der Waals surface area (Å²) in [6.07, 6.45) is 1.61. The van der Waals surface area contributed by atoms with Gasteiger partial charge in [-0.1, -0.05) is 12.1 Å². The lowest BCUT2D eigenvalue weighted by molar-refractivity contribution is 0.0689. The first-order chi connectivity index (χ1) is 8.66. The molecule has 0 radical (unpaired) electrons. The van der Waals surface area contributed by atoms with Crippen molar-refractivity contribution in [2.24, 2.45) is 7.05 Å². The van der Waals surface area contributed by atoms with Crippen molar-refractivity contribution in [3.63, 3.8) is 0 Å². The van der Waals surface area contributed by atoms with Gasteiger partial charge in [0.05, 0.1) is 12.0 Å². The second-order valence-electron chi connectivity index (χ2n) is 3.98. The molecule has 5 nitrogen and oxygen atoms in total. The predicted molar refractivity (Wildman–Crippen MR) is 65.4 cm³/mol. The minimum absolute atomic E-state index is 0.0352. The molecule has 3 aromatic rings. The van der Waals surface area contributed by atoms with Gasteiger partial charge in [-0.2, -0.15) is 5.10 Å². The van der Waals surface area contributed by atoms with E-state index in [1.807, 2.05) is 24.3 Å². The van der Waals surface area contributed by atoms with Crippen molar-refractivity contribution in [3.8, 4) is 11.3 Å². The third kappa shape index (κ3) is 1.48. The first-order valence-electron chi connectivity index (χ1n) is 5.41. The van der Waals surface area contributed by atoms with Crippen LogP contribution in [0.15, 0.2) is 41.0 Å². The van der Waals surface area contributed by atoms with Crippen LogP contribution in [0, 0.1) is 0 Å². The average Bonchev–Trinajstić information content (AvgIpc) is 2.94. The van der Waals surface area contributed by atoms with E-state index in [0.717, 1.165) is 22.2 Å². The molecule has 0 unspecified atom stereocenters. The van der Waals surface area contributed by atoms with Crippen LogP contribution in [0.1, 0.15) is 10.5 Å². The Morgan fingerprint density at radius 3 is 2.94 bits per heavy atom. The summed E-state index contributed by atoms with van der Waals surface area (Å²) in [5.41, 5.74) is 2.46. The normalized spacial score (nSPS) is 10.9. The lowest BCUT2D eigenvalue weighted by atomic mass is 10.1. The molecule has 0 amide bonds. The largest absolute Gasteiger partial charge is 0.476 e. The topological polar surface area (TPSA) is 68.3 Å². The highest BCUT2D eigenvalue weighted by Crippen LogP contribution is 2.29. The molecule has 0 bridgehead atoms. The van der Waals surface area contributed by atoms with E-state index in [0.29, 0.717) is 0 Å². The van der Waals surface area contributed by atoms with Crippen LogP contribution in [-0.2, 0) is 7.05 Å². The second kappa shape index (κ2) is 3.73. The maximum Gasteiger partial charge on any atom is 0.356 e. The van der Waals surface area contributed by atoms with E-state index in [2.05, 4.69) is 5.10 Å². The minimum atomic E-state index is -1.03. The van der Waals surface area contributed by atoms with Crippen molar-refractivity contribution in [1.82, 2.24) is 9.78 Å². The summed E-state index contributed by atoms with van der Waals surface area (Å²) in [7, 11) is 1.72. The van der Waals surface area contributed by atoms with Gasteiger partial charge in [0.15, 0.2) is 5.69 Å². The van der Waals surface area contributed by atoms with Gasteiger partial charge < -0.3 is 9.52 Å². The number of carboxylic acids is 1. The van der Waals surface area contributed by atoms with Crippen LogP contribution in [0.25, 0.3) is 22.2 Å². The SMILES string of the molecule is Cn1nc(C(=O)O)cc1-c1cccc2occc12. The van der Waals surface area contributed by atoms with Gasteiger partial charge in [0.2, 0.25) is 0 Å². The van der Waals surface area contributed by atoms with Gasteiger partial charge >= 0.3 is 5.97 Å². The van der Waals surface area contributed by atoms with Crippen LogP contribution < -0.4 is 0 Å². The molecule has 0 atom stereocenters. The van der Waals surface area contributed by atoms with Crippen molar-refractivity contribution >= 4 is 16.9 Å². The number of carboxylic acid groups (broad SMARTS) is 1. The monoisotopic (exact) mass is 242 g/mol. The maximum atomic E-state index is 10.9. The molecule has 0 saturated carbocycles. The molecule has 18 heavy (non-hydrogen) atoms. The molecule has 0 aliphatic rings. The van der Waals surface area contributed by atoms with E-state index >= 15 is 0 Å². The molecule has 0 saturated heterocycles. The number of aryl methyl sites for hydroxylation is 1. The third-order valence-electron chi connectivity index (χ3n) is 2.87. The molecule has 90 valence electrons. The molecular weight excluding hydrogens is 232 g/mol. The van der Waals surface area contributed by atoms with E-state index in [1.54, 1.807) is 24.1 Å². The average molecular weight is 242 g/mol. The quantitative estimate of drug-likeness (QED) is 0.749. The number of furan rings is 1. The first kappa shape index (κ1) is 10.6. The first-order valence-corrected chi connectivity index (χ1v) is 5.41. The molecule has 1 N–H and O–H groups in total. The van der Waals surface area contributed by atoms with Crippen molar-refractivity contribution in [3.05, 3.63) is 42.3 Å². The van der Waals surface area contributed by atoms with Crippen LogP contribution >= 0.6 is 0 Å². The maximum absolute atomic E-state index is 10.9. The van der Waals surface area contributed by atoms with Gasteiger partial charge in [-0.15, -0.1) is 0 Å². The lowest BCUT2D eigenvalue weighted by Gasteiger charge is -2.02. The fraction of sp³-hybridized carbons (Fsp3) is 0.0769. The Morgan fingerprint density at radius 1 is 1.39 bits per heavy atom. The molecule has 1 aromatic carbocycles. The smallest absolute Gasteiger partial charge is 0.356 e. The fourth-order valence-electron chi connectivity index (χ4n) is 2.04. The van der Waals surface area contributed by atoms with Gasteiger partial charge in [0, 0.05) is 18.0 Å². The molecule has 3 rings (SSSR count). The number of rotatable bonds is 2. The number of fused-ring (bicyclic) bond motifs is 1. The summed E-state index contributed by atoms with van der Waals surface area (Å²) in [5, 5.41) is 13.9. The number of carbonyl (C=O) groups is 1. The predicted octanol–water partition coefficient (Wildman–Crippen LogP) is 2.53. The van der Waals surface area contributed by atoms with Crippen LogP contribution in [0.4, 0.5) is 0 Å². The third-order valence-corrected chi connectivity index (χ3v) is 2.87. The molecule has 0 spiro atoms. The van der Waals surface area contributed by atoms with Gasteiger partial charge in [-0.05, 0) is 18.2 Å². The van der Waals surface area contributed by atoms with Crippen molar-refractivity contribution in [1.29, 1.82) is 0 Å². The lowest BCUT2D eigenvalue weighted by Crippen LogP contribution is -1.99. The zero-order valence-electron chi connectivity index (χ0n) is 9.62. The Balaban J connectivity index is 2.26. The Morgan fingerprint density at radius 2 is 2.22 bits per heavy atom. The van der Waals surface area contributed by atoms with Crippen molar-refractivity contribution < 1.29 is 14.3 Å². The van der Waals surface area contributed by atoms with E-state index < -0.39 is 5.97 Å². The number of hydrogen-bond donors (Lipinski definition) is 1. The second-order valence-corrected chi connectivity index (χ2v) is 3.98. The van der Waals surface area contributed by atoms with Crippen LogP contribution in [0.3, 0.4) is 0 Å². The van der Waals surface area contributed by atoms with E-state index in [-0.39, 0.29) is 5.69 Å². The Kier molecular flexibility index (Phi) is 2.19. The molecule has 0 fully saturated rings. The van der Waals surface area contributed by atoms with E-state index in [9.17, 15) is 4.79 Å². The van der Waals surface area contributed by atoms with Crippen LogP contribution in [0.5, 0.6) is 0 Å². The Hall–Kier alpha value is -2.56. The highest BCUT2D eigenvalue weighted by Gasteiger charge is 2.14. The fourth-order valence-corrected chi connectivity index (χ4v) is 2.04. The summed E-state index contributed by atoms with van der Waals surface area (Å²) in [4.78, 5) is 10.9. The summed E-state index contributed by atoms with van der Waals surface area (Å²) in [5.74, 6) is -1.03. The van der Waals surface area contributed by atoms with Crippen LogP contribution in [-0.4, -0.2) is 20.9 Å². The van der Waals surface area contributed by atoms with Gasteiger partial charge in [0.25, 0.3) is 0 Å². The minimum Gasteiger partial charge on any atom is -0.476 e. The number of nitrogens with zero attached hydrogens (tertiary/aromatic N) is 2. The molecule has 2 heterocycles. The molecule has 2 aromatic heterocycles. The number of benzene rings is 1. The zero-order chi connectivity index (χ0) is 12.7. The Bertz CT molecular complexity index is 740. The van der Waals surface area contributed by atoms with Gasteiger partial charge in [0.1, 0.15) is 5.58 Å². The number of aromatic nitrogens is 2. The van der Waals surface area contributed by atoms with Crippen molar-refractivity contribution in [2.45, 2.75) is 0 Å². The number of aromatic carboxylic acids is 1. The Labute approximate surface area is 102 Å². The summed E-state index contributed by atoms with van der Waals surface area (Å²) in [6, 6.07) is 9.07. The van der Waals surface area contributed by atoms with Crippen molar-refractivity contribution in [2.75, 3.05) is 0 Å². The van der Waals surface area contributed by atoms with E-state index in [1.165, 1.54) is 0 Å². The molecule has 0 aliphatic carbocycles. The highest BCUT2D eigenvalue weighted by atomic mass is 16.4. The summed E-state index contributed by atoms with van der Waals surface area (Å²) in [6.45, 7) is 0. The molecule has 5 heteroatoms. The summed E-state index contributed by atoms with van der Waals surface area (Å²) >= 11 is 0. The molecule has 0 aliphatic heterocycles. The molecular formula is C13H10N2O3. The number of hydrogen-bond acceptors (Lipinski definition) is 3. The highest BCUT2D eigenvalue weighted by molar-refractivity contribution is 5.94.